The van der Waals surface area contributed by atoms with Crippen LogP contribution in [0.15, 0.2) is 103 Å². The zero-order valence-electron chi connectivity index (χ0n) is 28.7. The van der Waals surface area contributed by atoms with Crippen molar-refractivity contribution in [2.75, 3.05) is 47.7 Å². The van der Waals surface area contributed by atoms with E-state index in [1.54, 1.807) is 53.6 Å². The summed E-state index contributed by atoms with van der Waals surface area (Å²) >= 11 is 1.36. The second-order valence-electron chi connectivity index (χ2n) is 13.1. The normalized spacial score (nSPS) is 16.5. The van der Waals surface area contributed by atoms with Crippen LogP contribution in [0.3, 0.4) is 0 Å². The number of nitrogens with zero attached hydrogens (tertiary/aromatic N) is 6. The first-order valence-electron chi connectivity index (χ1n) is 17.0. The Kier molecular flexibility index (Phi) is 9.61. The van der Waals surface area contributed by atoms with Crippen LogP contribution in [-0.4, -0.2) is 54.6 Å². The van der Waals surface area contributed by atoms with Crippen LogP contribution in [0.1, 0.15) is 50.9 Å². The van der Waals surface area contributed by atoms with Gasteiger partial charge in [0, 0.05) is 61.9 Å². The molecule has 3 aliphatic rings. The Labute approximate surface area is 300 Å². The van der Waals surface area contributed by atoms with E-state index in [1.165, 1.54) is 16.3 Å². The SMILES string of the molecule is C=C/C=C(\C=C/C)NC(=O)c1cc2c(s1)-c1ncccc1N(C(=O)c1ccc(N(N=O)c3cc(C)cnc3N3CC4(CCOCC4)C3)cc1)CC2. The number of amides is 2. The maximum atomic E-state index is 14.1. The minimum atomic E-state index is -0.217. The lowest BCUT2D eigenvalue weighted by molar-refractivity contribution is -0.000420. The molecule has 11 nitrogen and oxygen atoms in total. The molecule has 6 heterocycles. The summed E-state index contributed by atoms with van der Waals surface area (Å²) < 4.78 is 5.58. The highest BCUT2D eigenvalue weighted by atomic mass is 32.1. The first-order chi connectivity index (χ1) is 24.8. The summed E-state index contributed by atoms with van der Waals surface area (Å²) in [6, 6.07) is 14.4. The fourth-order valence-electron chi connectivity index (χ4n) is 7.03. The van der Waals surface area contributed by atoms with Crippen LogP contribution in [0.2, 0.25) is 0 Å². The highest BCUT2D eigenvalue weighted by molar-refractivity contribution is 7.17. The number of anilines is 4. The molecular formula is C39H39N7O4S. The third-order valence-electron chi connectivity index (χ3n) is 9.63. The Balaban J connectivity index is 1.12. The number of fused-ring (bicyclic) bond motifs is 3. The fraction of sp³-hybridized carbons (Fsp3) is 0.282. The molecule has 2 saturated heterocycles. The van der Waals surface area contributed by atoms with Crippen molar-refractivity contribution in [1.29, 1.82) is 0 Å². The molecule has 1 aromatic carbocycles. The number of rotatable bonds is 9. The molecule has 260 valence electrons. The molecule has 0 bridgehead atoms. The third-order valence-corrected chi connectivity index (χ3v) is 10.8. The zero-order valence-corrected chi connectivity index (χ0v) is 29.5. The third kappa shape index (κ3) is 6.72. The molecule has 2 amide bonds. The smallest absolute Gasteiger partial charge is 0.265 e. The van der Waals surface area contributed by atoms with Gasteiger partial charge in [-0.15, -0.1) is 16.2 Å². The first kappa shape index (κ1) is 34.0. The van der Waals surface area contributed by atoms with Gasteiger partial charge in [0.15, 0.2) is 5.82 Å². The van der Waals surface area contributed by atoms with Gasteiger partial charge in [0.05, 0.1) is 26.4 Å². The second-order valence-corrected chi connectivity index (χ2v) is 14.2. The highest BCUT2D eigenvalue weighted by Gasteiger charge is 2.45. The Morgan fingerprint density at radius 2 is 1.90 bits per heavy atom. The number of aryl methyl sites for hydroxylation is 1. The molecule has 0 radical (unpaired) electrons. The lowest BCUT2D eigenvalue weighted by Crippen LogP contribution is -2.59. The minimum Gasteiger partial charge on any atom is -0.381 e. The maximum absolute atomic E-state index is 14.1. The van der Waals surface area contributed by atoms with Crippen LogP contribution in [0.4, 0.5) is 22.9 Å². The number of hydrogen-bond donors (Lipinski definition) is 1. The monoisotopic (exact) mass is 701 g/mol. The average Bonchev–Trinajstić information content (AvgIpc) is 3.50. The molecule has 1 N–H and O–H groups in total. The number of benzene rings is 1. The van der Waals surface area contributed by atoms with Crippen molar-refractivity contribution in [1.82, 2.24) is 15.3 Å². The summed E-state index contributed by atoms with van der Waals surface area (Å²) in [4.78, 5) is 54.4. The van der Waals surface area contributed by atoms with E-state index in [2.05, 4.69) is 27.1 Å². The quantitative estimate of drug-likeness (QED) is 0.108. The van der Waals surface area contributed by atoms with Gasteiger partial charge in [0.2, 0.25) is 0 Å². The predicted octanol–water partition coefficient (Wildman–Crippen LogP) is 7.53. The van der Waals surface area contributed by atoms with E-state index in [1.807, 2.05) is 50.4 Å². The summed E-state index contributed by atoms with van der Waals surface area (Å²) in [5.74, 6) is 0.302. The van der Waals surface area contributed by atoms with E-state index in [0.717, 1.165) is 55.1 Å². The Hall–Kier alpha value is -5.46. The van der Waals surface area contributed by atoms with Gasteiger partial charge in [-0.1, -0.05) is 18.7 Å². The molecule has 0 atom stereocenters. The number of nitrogens with one attached hydrogen (secondary N) is 1. The van der Waals surface area contributed by atoms with E-state index >= 15 is 0 Å². The van der Waals surface area contributed by atoms with Crippen LogP contribution in [0.25, 0.3) is 10.6 Å². The van der Waals surface area contributed by atoms with Gasteiger partial charge < -0.3 is 19.9 Å². The molecule has 3 aromatic heterocycles. The van der Waals surface area contributed by atoms with Crippen molar-refractivity contribution < 1.29 is 14.3 Å². The molecule has 3 aliphatic heterocycles. The molecule has 0 unspecified atom stereocenters. The van der Waals surface area contributed by atoms with E-state index in [4.69, 9.17) is 9.72 Å². The topological polar surface area (TPSA) is 120 Å². The Morgan fingerprint density at radius 3 is 2.63 bits per heavy atom. The summed E-state index contributed by atoms with van der Waals surface area (Å²) in [7, 11) is 0. The van der Waals surface area contributed by atoms with Gasteiger partial charge in [-0.3, -0.25) is 14.6 Å². The molecule has 1 spiro atoms. The van der Waals surface area contributed by atoms with E-state index in [0.29, 0.717) is 57.7 Å². The average molecular weight is 702 g/mol. The molecular weight excluding hydrogens is 663 g/mol. The number of aromatic nitrogens is 2. The van der Waals surface area contributed by atoms with Crippen molar-refractivity contribution in [3.05, 3.63) is 124 Å². The standard InChI is InChI=1S/C39H39N7O4S/c1-4-7-29(8-5-2)42-37(47)33-22-28-14-18-45(31-9-6-17-40-34(31)35(28)51-33)38(48)27-10-12-30(13-11-27)46(43-49)32-21-26(3)23-41-36(32)44-24-39(25-44)15-19-50-20-16-39/h4-13,17,21-23H,1,14-16,18-20,24-25H2,2-3H3,(H,42,47)/b8-5-,29-7+. The molecule has 0 aliphatic carbocycles. The van der Waals surface area contributed by atoms with E-state index < -0.39 is 0 Å². The van der Waals surface area contributed by atoms with Gasteiger partial charge in [-0.2, -0.15) is 5.01 Å². The van der Waals surface area contributed by atoms with Gasteiger partial charge in [0.25, 0.3) is 11.8 Å². The number of nitroso groups, excluding NO2 is 1. The molecule has 4 aromatic rings. The van der Waals surface area contributed by atoms with E-state index in [9.17, 15) is 14.5 Å². The van der Waals surface area contributed by atoms with Crippen molar-refractivity contribution in [2.45, 2.75) is 33.1 Å². The molecule has 7 rings (SSSR count). The predicted molar refractivity (Wildman–Crippen MR) is 202 cm³/mol. The largest absolute Gasteiger partial charge is 0.381 e. The number of allylic oxidation sites excluding steroid dienone is 4. The van der Waals surface area contributed by atoms with Crippen molar-refractivity contribution in [3.63, 3.8) is 0 Å². The Bertz CT molecular complexity index is 2040. The first-order valence-corrected chi connectivity index (χ1v) is 17.8. The number of ether oxygens (including phenoxy) is 1. The summed E-state index contributed by atoms with van der Waals surface area (Å²) in [6.45, 7) is 11.2. The van der Waals surface area contributed by atoms with Crippen molar-refractivity contribution >= 4 is 46.0 Å². The van der Waals surface area contributed by atoms with Crippen LogP contribution < -0.4 is 20.1 Å². The maximum Gasteiger partial charge on any atom is 0.265 e. The van der Waals surface area contributed by atoms with Gasteiger partial charge in [0.1, 0.15) is 11.4 Å². The van der Waals surface area contributed by atoms with Gasteiger partial charge in [-0.25, -0.2) is 4.98 Å². The van der Waals surface area contributed by atoms with E-state index in [-0.39, 0.29) is 17.2 Å². The minimum absolute atomic E-state index is 0.194. The summed E-state index contributed by atoms with van der Waals surface area (Å²) in [5.41, 5.74) is 5.65. The number of hydrogen-bond acceptors (Lipinski definition) is 9. The fourth-order valence-corrected chi connectivity index (χ4v) is 8.14. The lowest BCUT2D eigenvalue weighted by atomic mass is 9.73. The second kappa shape index (κ2) is 14.4. The van der Waals surface area contributed by atoms with Gasteiger partial charge in [-0.05, 0) is 105 Å². The van der Waals surface area contributed by atoms with Crippen LogP contribution in [0.5, 0.6) is 0 Å². The number of pyridine rings is 2. The molecule has 0 saturated carbocycles. The molecule has 12 heteroatoms. The Morgan fingerprint density at radius 1 is 1.12 bits per heavy atom. The van der Waals surface area contributed by atoms with Crippen LogP contribution >= 0.6 is 11.3 Å². The number of carbonyl (C=O) groups is 2. The molecule has 2 fully saturated rings. The van der Waals surface area contributed by atoms with Crippen LogP contribution in [-0.2, 0) is 11.2 Å². The molecule has 51 heavy (non-hydrogen) atoms. The van der Waals surface area contributed by atoms with Crippen molar-refractivity contribution in [3.8, 4) is 10.6 Å². The summed E-state index contributed by atoms with van der Waals surface area (Å²) in [6.07, 6.45) is 13.1. The van der Waals surface area contributed by atoms with Crippen molar-refractivity contribution in [2.24, 2.45) is 10.7 Å². The van der Waals surface area contributed by atoms with Crippen LogP contribution in [0, 0.1) is 17.2 Å². The number of thiophene rings is 1. The summed E-state index contributed by atoms with van der Waals surface area (Å²) in [5, 5.41) is 7.70. The van der Waals surface area contributed by atoms with Gasteiger partial charge >= 0.3 is 0 Å². The highest BCUT2D eigenvalue weighted by Crippen LogP contribution is 2.45. The zero-order chi connectivity index (χ0) is 35.5. The number of carbonyl (C=O) groups excluding carboxylic acids is 2. The lowest BCUT2D eigenvalue weighted by Gasteiger charge is -2.53.